The van der Waals surface area contributed by atoms with E-state index in [1.54, 1.807) is 12.1 Å². The van der Waals surface area contributed by atoms with Crippen LogP contribution in [0.25, 0.3) is 0 Å². The Morgan fingerprint density at radius 2 is 2.05 bits per heavy atom. The van der Waals surface area contributed by atoms with Gasteiger partial charge in [0.2, 0.25) is 5.91 Å². The molecule has 7 nitrogen and oxygen atoms in total. The highest BCUT2D eigenvalue weighted by molar-refractivity contribution is 9.10. The van der Waals surface area contributed by atoms with Crippen LogP contribution >= 0.6 is 27.5 Å². The van der Waals surface area contributed by atoms with Gasteiger partial charge in [0.25, 0.3) is 0 Å². The molecule has 0 saturated carbocycles. The van der Waals surface area contributed by atoms with Gasteiger partial charge in [-0.1, -0.05) is 11.6 Å². The number of aliphatic carboxylic acids is 1. The first-order chi connectivity index (χ1) is 9.29. The number of nitrogens with one attached hydrogen (secondary N) is 2. The summed E-state index contributed by atoms with van der Waals surface area (Å²) in [6.07, 6.45) is -0.495. The molecule has 9 heteroatoms. The van der Waals surface area contributed by atoms with E-state index in [4.69, 9.17) is 22.4 Å². The maximum Gasteiger partial charge on any atom is 0.326 e. The number of benzene rings is 1. The van der Waals surface area contributed by atoms with Crippen LogP contribution < -0.4 is 16.4 Å². The summed E-state index contributed by atoms with van der Waals surface area (Å²) in [6, 6.07) is 2.49. The first kappa shape index (κ1) is 16.3. The number of anilines is 1. The van der Waals surface area contributed by atoms with Crippen LogP contribution in [0.5, 0.6) is 0 Å². The third-order valence-corrected chi connectivity index (χ3v) is 3.08. The molecule has 3 amide bonds. The summed E-state index contributed by atoms with van der Waals surface area (Å²) in [5, 5.41) is 13.9. The molecular weight excluding hydrogens is 353 g/mol. The van der Waals surface area contributed by atoms with E-state index >= 15 is 0 Å². The van der Waals surface area contributed by atoms with Gasteiger partial charge in [-0.3, -0.25) is 4.79 Å². The lowest BCUT2D eigenvalue weighted by Gasteiger charge is -2.14. The Morgan fingerprint density at radius 3 is 2.55 bits per heavy atom. The molecule has 1 aromatic carbocycles. The molecule has 1 aromatic rings. The van der Waals surface area contributed by atoms with Crippen LogP contribution in [0.1, 0.15) is 6.42 Å². The summed E-state index contributed by atoms with van der Waals surface area (Å²) in [5.41, 5.74) is 5.30. The van der Waals surface area contributed by atoms with Gasteiger partial charge >= 0.3 is 12.0 Å². The van der Waals surface area contributed by atoms with Crippen molar-refractivity contribution in [2.24, 2.45) is 5.73 Å². The molecule has 0 heterocycles. The minimum absolute atomic E-state index is 0.398. The van der Waals surface area contributed by atoms with Gasteiger partial charge in [-0.05, 0) is 34.1 Å². The Bertz CT molecular complexity index is 552. The number of urea groups is 1. The van der Waals surface area contributed by atoms with Crippen LogP contribution in [-0.4, -0.2) is 29.1 Å². The average molecular weight is 365 g/mol. The van der Waals surface area contributed by atoms with E-state index in [9.17, 15) is 14.4 Å². The van der Waals surface area contributed by atoms with Crippen molar-refractivity contribution in [3.8, 4) is 0 Å². The van der Waals surface area contributed by atoms with Crippen molar-refractivity contribution < 1.29 is 19.5 Å². The summed E-state index contributed by atoms with van der Waals surface area (Å²) < 4.78 is 0.530. The van der Waals surface area contributed by atoms with Gasteiger partial charge in [-0.25, -0.2) is 9.59 Å². The lowest BCUT2D eigenvalue weighted by atomic mass is 10.2. The maximum atomic E-state index is 11.7. The van der Waals surface area contributed by atoms with Crippen LogP contribution in [0.3, 0.4) is 0 Å². The van der Waals surface area contributed by atoms with Gasteiger partial charge in [-0.2, -0.15) is 0 Å². The van der Waals surface area contributed by atoms with Gasteiger partial charge in [-0.15, -0.1) is 0 Å². The smallest absolute Gasteiger partial charge is 0.326 e. The normalized spacial score (nSPS) is 11.5. The van der Waals surface area contributed by atoms with Gasteiger partial charge in [0.15, 0.2) is 0 Å². The molecule has 0 saturated heterocycles. The van der Waals surface area contributed by atoms with Gasteiger partial charge in [0.05, 0.1) is 12.1 Å². The number of amides is 3. The number of primary amides is 1. The summed E-state index contributed by atoms with van der Waals surface area (Å²) >= 11 is 8.94. The predicted octanol–water partition coefficient (Wildman–Crippen LogP) is 1.55. The Balaban J connectivity index is 2.70. The van der Waals surface area contributed by atoms with E-state index in [-0.39, 0.29) is 0 Å². The van der Waals surface area contributed by atoms with E-state index in [0.29, 0.717) is 15.2 Å². The molecule has 0 spiro atoms. The van der Waals surface area contributed by atoms with Crippen molar-refractivity contribution in [3.63, 3.8) is 0 Å². The first-order valence-corrected chi connectivity index (χ1v) is 6.50. The minimum atomic E-state index is -1.39. The topological polar surface area (TPSA) is 122 Å². The van der Waals surface area contributed by atoms with Gasteiger partial charge in [0, 0.05) is 9.50 Å². The van der Waals surface area contributed by atoms with Crippen molar-refractivity contribution in [2.75, 3.05) is 5.32 Å². The van der Waals surface area contributed by atoms with Crippen LogP contribution in [0, 0.1) is 0 Å². The maximum absolute atomic E-state index is 11.7. The standard InChI is InChI=1S/C11H11BrClN3O4/c12-6-3-5(13)1-2-7(6)15-11(20)16-8(10(18)19)4-9(14)17/h1-3,8H,4H2,(H2,14,17)(H,18,19)(H2,15,16,20). The summed E-state index contributed by atoms with van der Waals surface area (Å²) in [4.78, 5) is 33.2. The summed E-state index contributed by atoms with van der Waals surface area (Å²) in [5.74, 6) is -2.18. The lowest BCUT2D eigenvalue weighted by molar-refractivity contribution is -0.140. The minimum Gasteiger partial charge on any atom is -0.480 e. The molecule has 108 valence electrons. The highest BCUT2D eigenvalue weighted by Gasteiger charge is 2.22. The molecule has 1 rings (SSSR count). The molecule has 0 aliphatic carbocycles. The number of carboxylic acid groups (broad SMARTS) is 1. The summed E-state index contributed by atoms with van der Waals surface area (Å²) in [7, 11) is 0. The van der Waals surface area contributed by atoms with E-state index in [0.717, 1.165) is 0 Å². The molecule has 1 unspecified atom stereocenters. The molecule has 5 N–H and O–H groups in total. The van der Waals surface area contributed by atoms with Crippen LogP contribution in [-0.2, 0) is 9.59 Å². The van der Waals surface area contributed by atoms with Crippen molar-refractivity contribution >= 4 is 51.1 Å². The fourth-order valence-electron chi connectivity index (χ4n) is 1.31. The van der Waals surface area contributed by atoms with E-state index in [1.807, 2.05) is 0 Å². The van der Waals surface area contributed by atoms with Crippen molar-refractivity contribution in [2.45, 2.75) is 12.5 Å². The van der Waals surface area contributed by atoms with Gasteiger partial charge < -0.3 is 21.5 Å². The highest BCUT2D eigenvalue weighted by atomic mass is 79.9. The van der Waals surface area contributed by atoms with E-state index < -0.39 is 30.4 Å². The zero-order valence-corrected chi connectivity index (χ0v) is 12.4. The number of rotatable bonds is 5. The lowest BCUT2D eigenvalue weighted by Crippen LogP contribution is -2.45. The summed E-state index contributed by atoms with van der Waals surface area (Å²) in [6.45, 7) is 0. The highest BCUT2D eigenvalue weighted by Crippen LogP contribution is 2.25. The number of hydrogen-bond acceptors (Lipinski definition) is 3. The number of hydrogen-bond donors (Lipinski definition) is 4. The fourth-order valence-corrected chi connectivity index (χ4v) is 2.09. The Morgan fingerprint density at radius 1 is 1.40 bits per heavy atom. The molecule has 0 aliphatic rings. The Labute approximate surface area is 127 Å². The second kappa shape index (κ2) is 7.11. The molecule has 0 bridgehead atoms. The molecular formula is C11H11BrClN3O4. The SMILES string of the molecule is NC(=O)CC(NC(=O)Nc1ccc(Cl)cc1Br)C(=O)O. The largest absolute Gasteiger partial charge is 0.480 e. The zero-order valence-electron chi connectivity index (χ0n) is 10.0. The third kappa shape index (κ3) is 5.06. The van der Waals surface area contributed by atoms with E-state index in [2.05, 4.69) is 26.6 Å². The number of carboxylic acids is 1. The van der Waals surface area contributed by atoms with Crippen LogP contribution in [0.2, 0.25) is 5.02 Å². The number of halogens is 2. The van der Waals surface area contributed by atoms with Crippen molar-refractivity contribution in [1.82, 2.24) is 5.32 Å². The Hall–Kier alpha value is -1.80. The second-order valence-corrected chi connectivity index (χ2v) is 5.07. The van der Waals surface area contributed by atoms with Crippen LogP contribution in [0.15, 0.2) is 22.7 Å². The Kier molecular flexibility index (Phi) is 5.78. The second-order valence-electron chi connectivity index (χ2n) is 3.78. The van der Waals surface area contributed by atoms with E-state index in [1.165, 1.54) is 6.07 Å². The van der Waals surface area contributed by atoms with Crippen molar-refractivity contribution in [1.29, 1.82) is 0 Å². The molecule has 20 heavy (non-hydrogen) atoms. The fraction of sp³-hybridized carbons (Fsp3) is 0.182. The monoisotopic (exact) mass is 363 g/mol. The van der Waals surface area contributed by atoms with Crippen LogP contribution in [0.4, 0.5) is 10.5 Å². The molecule has 0 radical (unpaired) electrons. The molecule has 1 atom stereocenters. The molecule has 0 aliphatic heterocycles. The number of carbonyl (C=O) groups excluding carboxylic acids is 2. The first-order valence-electron chi connectivity index (χ1n) is 5.33. The quantitative estimate of drug-likeness (QED) is 0.633. The molecule has 0 fully saturated rings. The van der Waals surface area contributed by atoms with Gasteiger partial charge in [0.1, 0.15) is 6.04 Å². The van der Waals surface area contributed by atoms with Crippen molar-refractivity contribution in [3.05, 3.63) is 27.7 Å². The third-order valence-electron chi connectivity index (χ3n) is 2.19. The average Bonchev–Trinajstić information content (AvgIpc) is 2.31. The zero-order chi connectivity index (χ0) is 15.3. The predicted molar refractivity (Wildman–Crippen MR) is 76.5 cm³/mol. The molecule has 0 aromatic heterocycles. The number of carbonyl (C=O) groups is 3. The number of nitrogens with two attached hydrogens (primary N) is 1.